The first-order valence-corrected chi connectivity index (χ1v) is 9.87. The molecular formula is C21H30O4. The van der Waals surface area contributed by atoms with Crippen LogP contribution >= 0.6 is 0 Å². The van der Waals surface area contributed by atoms with Crippen molar-refractivity contribution in [2.75, 3.05) is 6.61 Å². The van der Waals surface area contributed by atoms with Crippen LogP contribution in [0, 0.1) is 34.5 Å². The van der Waals surface area contributed by atoms with Gasteiger partial charge in [0.1, 0.15) is 6.61 Å². The molecule has 138 valence electrons. The number of aliphatic hydroxyl groups is 2. The Balaban J connectivity index is 1.70. The summed E-state index contributed by atoms with van der Waals surface area (Å²) < 4.78 is 0. The monoisotopic (exact) mass is 346 g/mol. The number of hydrogen-bond donors (Lipinski definition) is 2. The SMILES string of the molecule is CC12CC(O)[C@H]3[C@@H](CCC4=CC(=O)CC[C@@]43C)[C@@H]1CC[C@@H]2C(=O)CO. The molecule has 0 radical (unpaired) electrons. The highest BCUT2D eigenvalue weighted by atomic mass is 16.3. The van der Waals surface area contributed by atoms with Crippen LogP contribution in [0.25, 0.3) is 0 Å². The number of rotatable bonds is 2. The number of Topliss-reactive ketones (excluding diaryl/α,β-unsaturated/α-hetero) is 1. The van der Waals surface area contributed by atoms with Crippen LogP contribution in [0.4, 0.5) is 0 Å². The molecule has 2 N–H and O–H groups in total. The lowest BCUT2D eigenvalue weighted by molar-refractivity contribution is -0.146. The Hall–Kier alpha value is -1.00. The molecule has 4 aliphatic rings. The number of hydrogen-bond acceptors (Lipinski definition) is 4. The van der Waals surface area contributed by atoms with E-state index in [0.717, 1.165) is 32.1 Å². The van der Waals surface area contributed by atoms with Gasteiger partial charge in [0.15, 0.2) is 11.6 Å². The molecule has 0 spiro atoms. The van der Waals surface area contributed by atoms with E-state index in [1.807, 2.05) is 6.08 Å². The van der Waals surface area contributed by atoms with Gasteiger partial charge in [0.05, 0.1) is 6.10 Å². The fraction of sp³-hybridized carbons (Fsp3) is 0.810. The minimum absolute atomic E-state index is 0.0541. The van der Waals surface area contributed by atoms with E-state index in [1.54, 1.807) is 0 Å². The maximum Gasteiger partial charge on any atom is 0.161 e. The van der Waals surface area contributed by atoms with Crippen LogP contribution in [0.15, 0.2) is 11.6 Å². The minimum Gasteiger partial charge on any atom is -0.393 e. The predicted octanol–water partition coefficient (Wildman–Crippen LogP) is 2.67. The van der Waals surface area contributed by atoms with E-state index < -0.39 is 6.10 Å². The Labute approximate surface area is 149 Å². The Morgan fingerprint density at radius 3 is 2.72 bits per heavy atom. The Kier molecular flexibility index (Phi) is 4.01. The van der Waals surface area contributed by atoms with Crippen molar-refractivity contribution in [3.63, 3.8) is 0 Å². The lowest BCUT2D eigenvalue weighted by atomic mass is 9.46. The molecule has 4 heteroatoms. The van der Waals surface area contributed by atoms with Gasteiger partial charge in [0.25, 0.3) is 0 Å². The molecule has 4 nitrogen and oxygen atoms in total. The van der Waals surface area contributed by atoms with Crippen molar-refractivity contribution in [2.24, 2.45) is 34.5 Å². The number of carbonyl (C=O) groups is 2. The third-order valence-corrected chi connectivity index (χ3v) is 8.44. The topological polar surface area (TPSA) is 74.6 Å². The summed E-state index contributed by atoms with van der Waals surface area (Å²) in [5.41, 5.74) is 0.979. The average Bonchev–Trinajstić information content (AvgIpc) is 2.91. The van der Waals surface area contributed by atoms with Crippen molar-refractivity contribution < 1.29 is 19.8 Å². The quantitative estimate of drug-likeness (QED) is 0.806. The third-order valence-electron chi connectivity index (χ3n) is 8.44. The second-order valence-electron chi connectivity index (χ2n) is 9.42. The van der Waals surface area contributed by atoms with Gasteiger partial charge in [-0.3, -0.25) is 9.59 Å². The number of aliphatic hydroxyl groups excluding tert-OH is 2. The molecule has 4 aliphatic carbocycles. The summed E-state index contributed by atoms with van der Waals surface area (Å²) in [7, 11) is 0. The maximum atomic E-state index is 12.3. The molecule has 0 amide bonds. The number of ketones is 2. The molecule has 0 aromatic rings. The molecule has 25 heavy (non-hydrogen) atoms. The van der Waals surface area contributed by atoms with Crippen molar-refractivity contribution in [2.45, 2.75) is 64.9 Å². The molecule has 0 heterocycles. The second kappa shape index (κ2) is 5.75. The van der Waals surface area contributed by atoms with Crippen molar-refractivity contribution in [1.29, 1.82) is 0 Å². The van der Waals surface area contributed by atoms with Gasteiger partial charge >= 0.3 is 0 Å². The molecule has 0 aliphatic heterocycles. The number of fused-ring (bicyclic) bond motifs is 5. The fourth-order valence-electron chi connectivity index (χ4n) is 7.33. The maximum absolute atomic E-state index is 12.3. The van der Waals surface area contributed by atoms with Gasteiger partial charge in [0.2, 0.25) is 0 Å². The zero-order valence-electron chi connectivity index (χ0n) is 15.3. The average molecular weight is 346 g/mol. The molecule has 2 unspecified atom stereocenters. The second-order valence-corrected chi connectivity index (χ2v) is 9.42. The normalized spacial score (nSPS) is 49.0. The lowest BCUT2D eigenvalue weighted by Gasteiger charge is -2.59. The van der Waals surface area contributed by atoms with Gasteiger partial charge in [-0.15, -0.1) is 0 Å². The van der Waals surface area contributed by atoms with Crippen LogP contribution in [0.5, 0.6) is 0 Å². The Morgan fingerprint density at radius 2 is 2.00 bits per heavy atom. The molecule has 0 aromatic heterocycles. The van der Waals surface area contributed by atoms with E-state index in [4.69, 9.17) is 0 Å². The minimum atomic E-state index is -0.430. The number of allylic oxidation sites excluding steroid dienone is 1. The summed E-state index contributed by atoms with van der Waals surface area (Å²) >= 11 is 0. The van der Waals surface area contributed by atoms with Crippen LogP contribution in [-0.4, -0.2) is 34.5 Å². The molecule has 0 saturated heterocycles. The lowest BCUT2D eigenvalue weighted by Crippen LogP contribution is -2.57. The van der Waals surface area contributed by atoms with Gasteiger partial charge < -0.3 is 10.2 Å². The van der Waals surface area contributed by atoms with Gasteiger partial charge in [-0.25, -0.2) is 0 Å². The highest BCUT2D eigenvalue weighted by molar-refractivity contribution is 5.91. The van der Waals surface area contributed by atoms with E-state index in [0.29, 0.717) is 24.7 Å². The molecular weight excluding hydrogens is 316 g/mol. The van der Waals surface area contributed by atoms with Crippen LogP contribution in [0.3, 0.4) is 0 Å². The zero-order valence-corrected chi connectivity index (χ0v) is 15.3. The Bertz CT molecular complexity index is 638. The van der Waals surface area contributed by atoms with Crippen LogP contribution in [0.1, 0.15) is 58.8 Å². The summed E-state index contributed by atoms with van der Waals surface area (Å²) in [6.45, 7) is 4.03. The standard InChI is InChI=1S/C21H30O4/c1-20-8-7-13(23)9-12(20)3-4-14-15-5-6-16(18(25)11-22)21(15,2)10-17(24)19(14)20/h9,14-17,19,22,24H,3-8,10-11H2,1-2H3/t14-,15-,16+,17?,19+,20-,21?/m0/s1. The molecule has 7 atom stereocenters. The summed E-state index contributed by atoms with van der Waals surface area (Å²) in [4.78, 5) is 24.2. The fourth-order valence-corrected chi connectivity index (χ4v) is 7.33. The summed E-state index contributed by atoms with van der Waals surface area (Å²) in [6.07, 6.45) is 7.32. The largest absolute Gasteiger partial charge is 0.393 e. The highest BCUT2D eigenvalue weighted by Crippen LogP contribution is 2.66. The van der Waals surface area contributed by atoms with Crippen LogP contribution in [-0.2, 0) is 9.59 Å². The van der Waals surface area contributed by atoms with Crippen molar-refractivity contribution >= 4 is 11.6 Å². The first-order valence-electron chi connectivity index (χ1n) is 9.87. The van der Waals surface area contributed by atoms with Gasteiger partial charge in [-0.05, 0) is 73.2 Å². The molecule has 4 rings (SSSR count). The molecule has 0 bridgehead atoms. The van der Waals surface area contributed by atoms with E-state index in [-0.39, 0.29) is 40.8 Å². The van der Waals surface area contributed by atoms with E-state index in [9.17, 15) is 19.8 Å². The molecule has 3 fully saturated rings. The summed E-state index contributed by atoms with van der Waals surface area (Å²) in [6, 6.07) is 0. The summed E-state index contributed by atoms with van der Waals surface area (Å²) in [5.74, 6) is 1.12. The third kappa shape index (κ3) is 2.33. The predicted molar refractivity (Wildman–Crippen MR) is 93.7 cm³/mol. The van der Waals surface area contributed by atoms with E-state index in [1.165, 1.54) is 5.57 Å². The van der Waals surface area contributed by atoms with E-state index >= 15 is 0 Å². The molecule has 0 aromatic carbocycles. The summed E-state index contributed by atoms with van der Waals surface area (Å²) in [5, 5.41) is 20.5. The zero-order chi connectivity index (χ0) is 18.0. The van der Waals surface area contributed by atoms with E-state index in [2.05, 4.69) is 13.8 Å². The smallest absolute Gasteiger partial charge is 0.161 e. The van der Waals surface area contributed by atoms with Crippen LogP contribution < -0.4 is 0 Å². The van der Waals surface area contributed by atoms with Crippen molar-refractivity contribution in [1.82, 2.24) is 0 Å². The van der Waals surface area contributed by atoms with Gasteiger partial charge in [0, 0.05) is 12.3 Å². The molecule has 3 saturated carbocycles. The van der Waals surface area contributed by atoms with Crippen molar-refractivity contribution in [3.05, 3.63) is 11.6 Å². The van der Waals surface area contributed by atoms with Crippen molar-refractivity contribution in [3.8, 4) is 0 Å². The number of carbonyl (C=O) groups excluding carboxylic acids is 2. The van der Waals surface area contributed by atoms with Gasteiger partial charge in [-0.2, -0.15) is 0 Å². The van der Waals surface area contributed by atoms with Gasteiger partial charge in [-0.1, -0.05) is 19.4 Å². The Morgan fingerprint density at radius 1 is 1.24 bits per heavy atom. The first kappa shape index (κ1) is 17.4. The first-order chi connectivity index (χ1) is 11.8. The van der Waals surface area contributed by atoms with Crippen LogP contribution in [0.2, 0.25) is 0 Å². The highest BCUT2D eigenvalue weighted by Gasteiger charge is 2.62.